The van der Waals surface area contributed by atoms with Gasteiger partial charge in [0.1, 0.15) is 11.6 Å². The Labute approximate surface area is 139 Å². The zero-order valence-electron chi connectivity index (χ0n) is 12.3. The summed E-state index contributed by atoms with van der Waals surface area (Å²) in [5, 5.41) is 3.92. The molecule has 22 heavy (non-hydrogen) atoms. The number of carbonyl (C=O) groups excluding carboxylic acids is 1. The highest BCUT2D eigenvalue weighted by Crippen LogP contribution is 2.36. The largest absolute Gasteiger partial charge is 0.341 e. The van der Waals surface area contributed by atoms with Gasteiger partial charge in [-0.15, -0.1) is 0 Å². The van der Waals surface area contributed by atoms with E-state index in [0.717, 1.165) is 30.1 Å². The number of rotatable bonds is 2. The fraction of sp³-hybridized carbons (Fsp3) is 0.667. The molecule has 1 aromatic rings. The van der Waals surface area contributed by atoms with Crippen LogP contribution in [0.4, 0.5) is 0 Å². The summed E-state index contributed by atoms with van der Waals surface area (Å²) in [5.74, 6) is 1.31. The van der Waals surface area contributed by atoms with Crippen LogP contribution in [0, 0.1) is 11.8 Å². The summed E-state index contributed by atoms with van der Waals surface area (Å²) in [6.45, 7) is 1.50. The van der Waals surface area contributed by atoms with Crippen LogP contribution < -0.4 is 5.56 Å². The van der Waals surface area contributed by atoms with Crippen LogP contribution in [-0.4, -0.2) is 33.7 Å². The smallest absolute Gasteiger partial charge is 0.287 e. The first kappa shape index (κ1) is 15.8. The molecule has 2 heterocycles. The molecule has 1 aromatic heterocycles. The van der Waals surface area contributed by atoms with Crippen molar-refractivity contribution in [2.75, 3.05) is 13.1 Å². The summed E-state index contributed by atoms with van der Waals surface area (Å²) in [4.78, 5) is 26.3. The van der Waals surface area contributed by atoms with Crippen molar-refractivity contribution in [3.8, 4) is 0 Å². The minimum Gasteiger partial charge on any atom is -0.341 e. The second-order valence-electron chi connectivity index (χ2n) is 6.20. The quantitative estimate of drug-likeness (QED) is 0.829. The molecule has 1 amide bonds. The number of piperidine rings is 1. The molecule has 1 aliphatic carbocycles. The Morgan fingerprint density at radius 1 is 1.23 bits per heavy atom. The number of hydrogen-bond acceptors (Lipinski definition) is 3. The average Bonchev–Trinajstić information content (AvgIpc) is 2.55. The van der Waals surface area contributed by atoms with E-state index >= 15 is 0 Å². The minimum atomic E-state index is -0.518. The van der Waals surface area contributed by atoms with Gasteiger partial charge in [0.05, 0.1) is 11.2 Å². The van der Waals surface area contributed by atoms with E-state index in [1.807, 2.05) is 4.90 Å². The molecule has 120 valence electrons. The van der Waals surface area contributed by atoms with Crippen molar-refractivity contribution in [2.45, 2.75) is 38.6 Å². The van der Waals surface area contributed by atoms with Crippen LogP contribution in [-0.2, 0) is 11.3 Å². The number of likely N-dealkylation sites (tertiary alicyclic amines) is 1. The lowest BCUT2D eigenvalue weighted by Crippen LogP contribution is -2.46. The highest BCUT2D eigenvalue weighted by molar-refractivity contribution is 6.41. The van der Waals surface area contributed by atoms with Crippen molar-refractivity contribution in [1.29, 1.82) is 0 Å². The van der Waals surface area contributed by atoms with Crippen LogP contribution in [0.25, 0.3) is 0 Å². The number of amides is 1. The van der Waals surface area contributed by atoms with E-state index in [9.17, 15) is 9.59 Å². The van der Waals surface area contributed by atoms with Gasteiger partial charge in [0, 0.05) is 13.1 Å². The van der Waals surface area contributed by atoms with Gasteiger partial charge in [0.15, 0.2) is 0 Å². The molecule has 0 unspecified atom stereocenters. The first-order valence-electron chi connectivity index (χ1n) is 7.75. The fourth-order valence-corrected chi connectivity index (χ4v) is 3.88. The van der Waals surface area contributed by atoms with Gasteiger partial charge in [-0.25, -0.2) is 4.68 Å². The third kappa shape index (κ3) is 3.15. The Hall–Kier alpha value is -1.07. The van der Waals surface area contributed by atoms with E-state index in [2.05, 4.69) is 5.10 Å². The van der Waals surface area contributed by atoms with E-state index in [1.165, 1.54) is 31.9 Å². The minimum absolute atomic E-state index is 0.0722. The Bertz CT molecular complexity index is 632. The fourth-order valence-electron chi connectivity index (χ4n) is 3.61. The van der Waals surface area contributed by atoms with Gasteiger partial charge < -0.3 is 4.90 Å². The number of fused-ring (bicyclic) bond motifs is 1. The number of carbonyl (C=O) groups is 1. The number of nitrogens with zero attached hydrogens (tertiary/aromatic N) is 3. The number of halogens is 2. The van der Waals surface area contributed by atoms with Gasteiger partial charge in [0.25, 0.3) is 5.56 Å². The molecule has 0 aromatic carbocycles. The summed E-state index contributed by atoms with van der Waals surface area (Å²) in [5.41, 5.74) is -0.518. The van der Waals surface area contributed by atoms with Crippen molar-refractivity contribution in [3.05, 3.63) is 26.6 Å². The normalized spacial score (nSPS) is 24.9. The van der Waals surface area contributed by atoms with Crippen LogP contribution in [0.3, 0.4) is 0 Å². The van der Waals surface area contributed by atoms with E-state index in [-0.39, 0.29) is 22.5 Å². The van der Waals surface area contributed by atoms with E-state index in [0.29, 0.717) is 5.92 Å². The topological polar surface area (TPSA) is 55.2 Å². The van der Waals surface area contributed by atoms with Gasteiger partial charge in [-0.1, -0.05) is 42.5 Å². The summed E-state index contributed by atoms with van der Waals surface area (Å²) in [6, 6.07) is 0. The second kappa shape index (κ2) is 6.59. The monoisotopic (exact) mass is 343 g/mol. The molecule has 1 saturated carbocycles. The van der Waals surface area contributed by atoms with Crippen molar-refractivity contribution >= 4 is 29.1 Å². The summed E-state index contributed by atoms with van der Waals surface area (Å²) in [7, 11) is 0. The summed E-state index contributed by atoms with van der Waals surface area (Å²) >= 11 is 11.6. The third-order valence-electron chi connectivity index (χ3n) is 4.87. The van der Waals surface area contributed by atoms with Gasteiger partial charge in [-0.05, 0) is 24.7 Å². The first-order chi connectivity index (χ1) is 10.6. The lowest BCUT2D eigenvalue weighted by Gasteiger charge is -2.41. The number of aromatic nitrogens is 2. The Morgan fingerprint density at radius 2 is 1.95 bits per heavy atom. The standard InChI is InChI=1S/C15H19Cl2N3O2/c16-12-7-18-20(15(22)14(12)17)9-13(21)19-6-5-10-3-1-2-4-11(10)8-19/h7,10-11H,1-6,8-9H2/t10-,11-/m0/s1. The van der Waals surface area contributed by atoms with Crippen molar-refractivity contribution < 1.29 is 4.79 Å². The summed E-state index contributed by atoms with van der Waals surface area (Å²) < 4.78 is 1.09. The van der Waals surface area contributed by atoms with Crippen molar-refractivity contribution in [2.24, 2.45) is 11.8 Å². The van der Waals surface area contributed by atoms with Crippen molar-refractivity contribution in [3.63, 3.8) is 0 Å². The van der Waals surface area contributed by atoms with Crippen LogP contribution in [0.2, 0.25) is 10.0 Å². The lowest BCUT2D eigenvalue weighted by atomic mass is 9.75. The van der Waals surface area contributed by atoms with E-state index in [4.69, 9.17) is 23.2 Å². The van der Waals surface area contributed by atoms with Gasteiger partial charge in [-0.2, -0.15) is 5.10 Å². The maximum atomic E-state index is 12.4. The van der Waals surface area contributed by atoms with Crippen LogP contribution in [0.1, 0.15) is 32.1 Å². The molecule has 2 atom stereocenters. The maximum absolute atomic E-state index is 12.4. The van der Waals surface area contributed by atoms with Gasteiger partial charge >= 0.3 is 0 Å². The molecule has 5 nitrogen and oxygen atoms in total. The van der Waals surface area contributed by atoms with Crippen molar-refractivity contribution in [1.82, 2.24) is 14.7 Å². The zero-order valence-corrected chi connectivity index (χ0v) is 13.8. The molecular formula is C15H19Cl2N3O2. The van der Waals surface area contributed by atoms with Crippen LogP contribution in [0.5, 0.6) is 0 Å². The van der Waals surface area contributed by atoms with Gasteiger partial charge in [-0.3, -0.25) is 9.59 Å². The lowest BCUT2D eigenvalue weighted by molar-refractivity contribution is -0.135. The van der Waals surface area contributed by atoms with E-state index < -0.39 is 5.56 Å². The molecule has 0 radical (unpaired) electrons. The summed E-state index contributed by atoms with van der Waals surface area (Å²) in [6.07, 6.45) is 7.45. The van der Waals surface area contributed by atoms with E-state index in [1.54, 1.807) is 0 Å². The molecule has 0 spiro atoms. The SMILES string of the molecule is O=C(Cn1ncc(Cl)c(Cl)c1=O)N1CC[C@@H]2CCCC[C@H]2C1. The Morgan fingerprint density at radius 3 is 2.73 bits per heavy atom. The molecule has 0 N–H and O–H groups in total. The predicted molar refractivity (Wildman–Crippen MR) is 85.2 cm³/mol. The molecule has 1 saturated heterocycles. The Kier molecular flexibility index (Phi) is 4.73. The second-order valence-corrected chi connectivity index (χ2v) is 6.99. The molecular weight excluding hydrogens is 325 g/mol. The Balaban J connectivity index is 1.67. The van der Waals surface area contributed by atoms with Gasteiger partial charge in [0.2, 0.25) is 5.91 Å². The molecule has 2 aliphatic rings. The first-order valence-corrected chi connectivity index (χ1v) is 8.50. The molecule has 2 fully saturated rings. The third-order valence-corrected chi connectivity index (χ3v) is 5.62. The number of hydrogen-bond donors (Lipinski definition) is 0. The molecule has 0 bridgehead atoms. The average molecular weight is 344 g/mol. The molecule has 1 aliphatic heterocycles. The molecule has 3 rings (SSSR count). The zero-order chi connectivity index (χ0) is 15.7. The van der Waals surface area contributed by atoms with Crippen LogP contribution in [0.15, 0.2) is 11.0 Å². The predicted octanol–water partition coefficient (Wildman–Crippen LogP) is 2.59. The maximum Gasteiger partial charge on any atom is 0.287 e. The highest BCUT2D eigenvalue weighted by Gasteiger charge is 2.33. The highest BCUT2D eigenvalue weighted by atomic mass is 35.5. The van der Waals surface area contributed by atoms with Crippen LogP contribution >= 0.6 is 23.2 Å². The molecule has 7 heteroatoms.